The summed E-state index contributed by atoms with van der Waals surface area (Å²) in [5.74, 6) is 5.81. The van der Waals surface area contributed by atoms with Crippen molar-refractivity contribution in [3.63, 3.8) is 0 Å². The molecule has 1 amide bonds. The van der Waals surface area contributed by atoms with Crippen LogP contribution >= 0.6 is 0 Å². The SMILES string of the molecule is CC(C)(C)OC(=O)NCC(ON)C1CCCCCC1. The molecule has 19 heavy (non-hydrogen) atoms. The highest BCUT2D eigenvalue weighted by molar-refractivity contribution is 5.67. The predicted octanol–water partition coefficient (Wildman–Crippen LogP) is 2.74. The highest BCUT2D eigenvalue weighted by atomic mass is 16.6. The maximum Gasteiger partial charge on any atom is 0.407 e. The third-order valence-corrected chi connectivity index (χ3v) is 3.45. The van der Waals surface area contributed by atoms with Gasteiger partial charge in [-0.15, -0.1) is 0 Å². The number of nitrogens with one attached hydrogen (secondary N) is 1. The standard InChI is InChI=1S/C14H28N2O3/c1-14(2,3)18-13(17)16-10-12(19-15)11-8-6-4-5-7-9-11/h11-12H,4-10,15H2,1-3H3,(H,16,17). The Morgan fingerprint density at radius 3 is 2.32 bits per heavy atom. The van der Waals surface area contributed by atoms with E-state index in [0.29, 0.717) is 12.5 Å². The monoisotopic (exact) mass is 272 g/mol. The van der Waals surface area contributed by atoms with Crippen LogP contribution in [-0.2, 0) is 9.57 Å². The van der Waals surface area contributed by atoms with Gasteiger partial charge >= 0.3 is 6.09 Å². The number of carbonyl (C=O) groups excluding carboxylic acids is 1. The summed E-state index contributed by atoms with van der Waals surface area (Å²) in [6.45, 7) is 5.94. The predicted molar refractivity (Wildman–Crippen MR) is 74.5 cm³/mol. The third-order valence-electron chi connectivity index (χ3n) is 3.45. The molecule has 5 nitrogen and oxygen atoms in total. The molecule has 1 rings (SSSR count). The van der Waals surface area contributed by atoms with Crippen LogP contribution in [0.5, 0.6) is 0 Å². The fraction of sp³-hybridized carbons (Fsp3) is 0.929. The van der Waals surface area contributed by atoms with Crippen LogP contribution < -0.4 is 11.2 Å². The molecule has 0 aromatic carbocycles. The van der Waals surface area contributed by atoms with E-state index in [0.717, 1.165) is 12.8 Å². The lowest BCUT2D eigenvalue weighted by atomic mass is 9.94. The van der Waals surface area contributed by atoms with Gasteiger partial charge in [-0.1, -0.05) is 25.7 Å². The van der Waals surface area contributed by atoms with E-state index in [4.69, 9.17) is 15.5 Å². The van der Waals surface area contributed by atoms with E-state index in [2.05, 4.69) is 5.32 Å². The first-order valence-corrected chi connectivity index (χ1v) is 7.25. The number of hydrogen-bond donors (Lipinski definition) is 2. The van der Waals surface area contributed by atoms with Crippen LogP contribution in [0.3, 0.4) is 0 Å². The molecule has 0 saturated heterocycles. The molecule has 1 saturated carbocycles. The Hall–Kier alpha value is -0.810. The molecule has 0 aromatic rings. The van der Waals surface area contributed by atoms with Crippen LogP contribution in [0.2, 0.25) is 0 Å². The Morgan fingerprint density at radius 1 is 1.26 bits per heavy atom. The van der Waals surface area contributed by atoms with Crippen molar-refractivity contribution in [2.75, 3.05) is 6.54 Å². The minimum Gasteiger partial charge on any atom is -0.444 e. The van der Waals surface area contributed by atoms with E-state index in [1.54, 1.807) is 0 Å². The summed E-state index contributed by atoms with van der Waals surface area (Å²) in [4.78, 5) is 16.7. The Bertz CT molecular complexity index is 268. The van der Waals surface area contributed by atoms with Gasteiger partial charge in [-0.3, -0.25) is 4.84 Å². The van der Waals surface area contributed by atoms with Crippen LogP contribution in [0.15, 0.2) is 0 Å². The quantitative estimate of drug-likeness (QED) is 0.609. The fourth-order valence-corrected chi connectivity index (χ4v) is 2.51. The first kappa shape index (κ1) is 16.2. The molecule has 0 spiro atoms. The average Bonchev–Trinajstić information content (AvgIpc) is 2.56. The Kier molecular flexibility index (Phi) is 6.58. The third kappa shape index (κ3) is 6.78. The second-order valence-electron chi connectivity index (χ2n) is 6.31. The largest absolute Gasteiger partial charge is 0.444 e. The Labute approximate surface area is 116 Å². The smallest absolute Gasteiger partial charge is 0.407 e. The van der Waals surface area contributed by atoms with Crippen molar-refractivity contribution in [2.45, 2.75) is 71.0 Å². The number of alkyl carbamates (subject to hydrolysis) is 1. The minimum atomic E-state index is -0.481. The summed E-state index contributed by atoms with van der Waals surface area (Å²) in [5.41, 5.74) is -0.481. The van der Waals surface area contributed by atoms with Crippen molar-refractivity contribution in [3.05, 3.63) is 0 Å². The van der Waals surface area contributed by atoms with E-state index < -0.39 is 11.7 Å². The summed E-state index contributed by atoms with van der Waals surface area (Å²) in [7, 11) is 0. The number of amides is 1. The van der Waals surface area contributed by atoms with E-state index in [1.807, 2.05) is 20.8 Å². The molecule has 3 N–H and O–H groups in total. The average molecular weight is 272 g/mol. The van der Waals surface area contributed by atoms with Crippen molar-refractivity contribution < 1.29 is 14.4 Å². The summed E-state index contributed by atoms with van der Waals surface area (Å²) in [6.07, 6.45) is 6.72. The summed E-state index contributed by atoms with van der Waals surface area (Å²) in [6, 6.07) is 0. The normalized spacial score (nSPS) is 19.6. The van der Waals surface area contributed by atoms with Crippen molar-refractivity contribution in [2.24, 2.45) is 11.8 Å². The molecule has 1 aliphatic carbocycles. The minimum absolute atomic E-state index is 0.120. The fourth-order valence-electron chi connectivity index (χ4n) is 2.51. The van der Waals surface area contributed by atoms with Crippen molar-refractivity contribution in [1.82, 2.24) is 5.32 Å². The second-order valence-corrected chi connectivity index (χ2v) is 6.31. The Balaban J connectivity index is 2.37. The van der Waals surface area contributed by atoms with E-state index >= 15 is 0 Å². The van der Waals surface area contributed by atoms with E-state index in [1.165, 1.54) is 25.7 Å². The van der Waals surface area contributed by atoms with Gasteiger partial charge in [-0.25, -0.2) is 10.7 Å². The lowest BCUT2D eigenvalue weighted by Crippen LogP contribution is -2.41. The van der Waals surface area contributed by atoms with Crippen LogP contribution in [0.4, 0.5) is 4.79 Å². The second kappa shape index (κ2) is 7.70. The van der Waals surface area contributed by atoms with Gasteiger partial charge in [0, 0.05) is 6.54 Å². The molecule has 0 radical (unpaired) electrons. The zero-order valence-corrected chi connectivity index (χ0v) is 12.4. The van der Waals surface area contributed by atoms with Crippen LogP contribution in [-0.4, -0.2) is 24.3 Å². The van der Waals surface area contributed by atoms with Gasteiger partial charge < -0.3 is 10.1 Å². The maximum atomic E-state index is 11.6. The van der Waals surface area contributed by atoms with Gasteiger partial charge in [0.15, 0.2) is 0 Å². The zero-order chi connectivity index (χ0) is 14.3. The molecule has 0 aliphatic heterocycles. The number of carbonyl (C=O) groups is 1. The number of ether oxygens (including phenoxy) is 1. The first-order valence-electron chi connectivity index (χ1n) is 7.25. The molecule has 1 atom stereocenters. The molecule has 1 unspecified atom stereocenters. The molecule has 1 aliphatic rings. The molecule has 1 fully saturated rings. The summed E-state index contributed by atoms with van der Waals surface area (Å²) < 4.78 is 5.20. The highest BCUT2D eigenvalue weighted by Gasteiger charge is 2.24. The highest BCUT2D eigenvalue weighted by Crippen LogP contribution is 2.26. The first-order chi connectivity index (χ1) is 8.92. The number of rotatable bonds is 4. The number of nitrogens with two attached hydrogens (primary N) is 1. The van der Waals surface area contributed by atoms with Gasteiger partial charge in [0.1, 0.15) is 5.60 Å². The Morgan fingerprint density at radius 2 is 1.84 bits per heavy atom. The van der Waals surface area contributed by atoms with Gasteiger partial charge in [0.2, 0.25) is 0 Å². The van der Waals surface area contributed by atoms with E-state index in [9.17, 15) is 4.79 Å². The lowest BCUT2D eigenvalue weighted by Gasteiger charge is -2.25. The van der Waals surface area contributed by atoms with Crippen molar-refractivity contribution in [1.29, 1.82) is 0 Å². The zero-order valence-electron chi connectivity index (χ0n) is 12.4. The van der Waals surface area contributed by atoms with E-state index in [-0.39, 0.29) is 6.10 Å². The topological polar surface area (TPSA) is 73.6 Å². The van der Waals surface area contributed by atoms with Crippen molar-refractivity contribution >= 4 is 6.09 Å². The van der Waals surface area contributed by atoms with Crippen LogP contribution in [0.25, 0.3) is 0 Å². The lowest BCUT2D eigenvalue weighted by molar-refractivity contribution is 0.00204. The van der Waals surface area contributed by atoms with Crippen LogP contribution in [0.1, 0.15) is 59.3 Å². The molecule has 5 heteroatoms. The van der Waals surface area contributed by atoms with Gasteiger partial charge in [-0.2, -0.15) is 0 Å². The molecule has 0 aromatic heterocycles. The molecule has 112 valence electrons. The maximum absolute atomic E-state index is 11.6. The molecule has 0 bridgehead atoms. The molecular formula is C14H28N2O3. The summed E-state index contributed by atoms with van der Waals surface area (Å²) in [5, 5.41) is 2.74. The van der Waals surface area contributed by atoms with Crippen LogP contribution in [0, 0.1) is 5.92 Å². The summed E-state index contributed by atoms with van der Waals surface area (Å²) >= 11 is 0. The van der Waals surface area contributed by atoms with Gasteiger partial charge in [0.25, 0.3) is 0 Å². The molecular weight excluding hydrogens is 244 g/mol. The number of hydrogen-bond acceptors (Lipinski definition) is 4. The van der Waals surface area contributed by atoms with Crippen molar-refractivity contribution in [3.8, 4) is 0 Å². The molecule has 0 heterocycles. The van der Waals surface area contributed by atoms with Gasteiger partial charge in [-0.05, 0) is 39.5 Å². The van der Waals surface area contributed by atoms with Gasteiger partial charge in [0.05, 0.1) is 6.10 Å².